The molecule has 0 atom stereocenters. The molecule has 3 N–H and O–H groups in total. The van der Waals surface area contributed by atoms with Crippen LogP contribution in [0.3, 0.4) is 0 Å². The van der Waals surface area contributed by atoms with Gasteiger partial charge in [-0.3, -0.25) is 15.6 Å². The van der Waals surface area contributed by atoms with Gasteiger partial charge in [0.2, 0.25) is 0 Å². The maximum absolute atomic E-state index is 12.4. The predicted octanol–water partition coefficient (Wildman–Crippen LogP) is 5.99. The third-order valence-corrected chi connectivity index (χ3v) is 5.51. The van der Waals surface area contributed by atoms with Crippen LogP contribution in [0, 0.1) is 0 Å². The molecule has 1 aromatic heterocycles. The predicted molar refractivity (Wildman–Crippen MR) is 139 cm³/mol. The lowest BCUT2D eigenvalue weighted by Gasteiger charge is -2.11. The largest absolute Gasteiger partial charge is 0.486 e. The topological polar surface area (TPSA) is 75.5 Å². The molecule has 1 heterocycles. The van der Waals surface area contributed by atoms with E-state index < -0.39 is 5.91 Å². The zero-order valence-corrected chi connectivity index (χ0v) is 19.8. The van der Waals surface area contributed by atoms with E-state index in [0.717, 1.165) is 28.6 Å². The molecule has 0 bridgehead atoms. The average Bonchev–Trinajstić information content (AvgIpc) is 3.35. The SMILES string of the molecule is CCCCc1ccc(NC(=S)NNC(=O)c2ccc(COc3ccc4ccccc4c3)o2)cc1. The number of benzene rings is 3. The van der Waals surface area contributed by atoms with E-state index in [2.05, 4.69) is 41.3 Å². The highest BCUT2D eigenvalue weighted by atomic mass is 32.1. The Morgan fingerprint density at radius 1 is 0.941 bits per heavy atom. The van der Waals surface area contributed by atoms with E-state index >= 15 is 0 Å². The molecule has 0 saturated carbocycles. The Hall–Kier alpha value is -3.84. The Morgan fingerprint density at radius 2 is 1.74 bits per heavy atom. The van der Waals surface area contributed by atoms with Crippen molar-refractivity contribution in [2.75, 3.05) is 5.32 Å². The smallest absolute Gasteiger partial charge is 0.305 e. The number of rotatable bonds is 8. The second-order valence-corrected chi connectivity index (χ2v) is 8.31. The van der Waals surface area contributed by atoms with Crippen LogP contribution in [-0.2, 0) is 13.0 Å². The van der Waals surface area contributed by atoms with Crippen LogP contribution in [0.2, 0.25) is 0 Å². The first-order valence-electron chi connectivity index (χ1n) is 11.3. The van der Waals surface area contributed by atoms with Crippen molar-refractivity contribution in [1.29, 1.82) is 0 Å². The van der Waals surface area contributed by atoms with E-state index in [1.54, 1.807) is 12.1 Å². The Morgan fingerprint density at radius 3 is 2.53 bits per heavy atom. The number of carbonyl (C=O) groups excluding carboxylic acids is 1. The molecule has 0 spiro atoms. The first-order valence-corrected chi connectivity index (χ1v) is 11.7. The maximum Gasteiger partial charge on any atom is 0.305 e. The van der Waals surface area contributed by atoms with Crippen molar-refractivity contribution in [3.63, 3.8) is 0 Å². The van der Waals surface area contributed by atoms with Crippen LogP contribution in [0.15, 0.2) is 83.3 Å². The van der Waals surface area contributed by atoms with E-state index in [1.165, 1.54) is 18.4 Å². The number of ether oxygens (including phenoxy) is 1. The monoisotopic (exact) mass is 473 g/mol. The van der Waals surface area contributed by atoms with Gasteiger partial charge in [0, 0.05) is 5.69 Å². The van der Waals surface area contributed by atoms with Gasteiger partial charge in [-0.05, 0) is 77.8 Å². The van der Waals surface area contributed by atoms with Gasteiger partial charge in [-0.2, -0.15) is 0 Å². The number of unbranched alkanes of at least 4 members (excludes halogenated alkanes) is 1. The van der Waals surface area contributed by atoms with Gasteiger partial charge >= 0.3 is 5.91 Å². The van der Waals surface area contributed by atoms with Gasteiger partial charge in [-0.15, -0.1) is 0 Å². The summed E-state index contributed by atoms with van der Waals surface area (Å²) in [4.78, 5) is 12.4. The third kappa shape index (κ3) is 6.36. The second kappa shape index (κ2) is 11.3. The normalized spacial score (nSPS) is 10.6. The van der Waals surface area contributed by atoms with Crippen molar-refractivity contribution in [1.82, 2.24) is 10.9 Å². The lowest BCUT2D eigenvalue weighted by atomic mass is 10.1. The molecule has 0 unspecified atom stereocenters. The summed E-state index contributed by atoms with van der Waals surface area (Å²) in [6.45, 7) is 2.39. The van der Waals surface area contributed by atoms with Gasteiger partial charge in [0.15, 0.2) is 10.9 Å². The molecular weight excluding hydrogens is 446 g/mol. The lowest BCUT2D eigenvalue weighted by Crippen LogP contribution is -2.43. The van der Waals surface area contributed by atoms with Gasteiger partial charge in [0.25, 0.3) is 0 Å². The highest BCUT2D eigenvalue weighted by Crippen LogP contribution is 2.22. The standard InChI is InChI=1S/C27H27N3O3S/c1-2-3-6-19-9-12-22(13-10-19)28-27(34)30-29-26(31)25-16-15-24(33-25)18-32-23-14-11-20-7-4-5-8-21(20)17-23/h4-5,7-17H,2-3,6,18H2,1H3,(H,29,31)(H2,28,30,34). The van der Waals surface area contributed by atoms with Gasteiger partial charge in [0.05, 0.1) is 0 Å². The van der Waals surface area contributed by atoms with Crippen molar-refractivity contribution in [3.8, 4) is 5.75 Å². The zero-order valence-electron chi connectivity index (χ0n) is 19.0. The number of hydrazine groups is 1. The summed E-state index contributed by atoms with van der Waals surface area (Å²) in [6, 6.07) is 25.4. The van der Waals surface area contributed by atoms with Crippen LogP contribution >= 0.6 is 12.2 Å². The molecule has 34 heavy (non-hydrogen) atoms. The molecule has 3 aromatic carbocycles. The fraction of sp³-hybridized carbons (Fsp3) is 0.185. The first kappa shape index (κ1) is 23.3. The van der Waals surface area contributed by atoms with E-state index in [9.17, 15) is 4.79 Å². The first-order chi connectivity index (χ1) is 16.6. The van der Waals surface area contributed by atoms with Crippen LogP contribution in [0.25, 0.3) is 10.8 Å². The Kier molecular flexibility index (Phi) is 7.78. The van der Waals surface area contributed by atoms with Gasteiger partial charge in [0.1, 0.15) is 18.1 Å². The number of hydrogen-bond donors (Lipinski definition) is 3. The highest BCUT2D eigenvalue weighted by molar-refractivity contribution is 7.80. The number of furan rings is 1. The van der Waals surface area contributed by atoms with Crippen LogP contribution in [0.5, 0.6) is 5.75 Å². The number of fused-ring (bicyclic) bond motifs is 1. The fourth-order valence-corrected chi connectivity index (χ4v) is 3.63. The minimum absolute atomic E-state index is 0.160. The molecule has 0 fully saturated rings. The zero-order chi connectivity index (χ0) is 23.8. The van der Waals surface area contributed by atoms with Crippen LogP contribution < -0.4 is 20.9 Å². The van der Waals surface area contributed by atoms with Crippen molar-refractivity contribution in [3.05, 3.63) is 95.9 Å². The maximum atomic E-state index is 12.4. The fourth-order valence-electron chi connectivity index (χ4n) is 3.46. The molecule has 7 heteroatoms. The Labute approximate surface area is 204 Å². The van der Waals surface area contributed by atoms with Crippen molar-refractivity contribution >= 4 is 39.7 Å². The molecule has 0 aliphatic carbocycles. The molecule has 6 nitrogen and oxygen atoms in total. The summed E-state index contributed by atoms with van der Waals surface area (Å²) in [5, 5.41) is 5.57. The molecule has 0 aliphatic heterocycles. The lowest BCUT2D eigenvalue weighted by molar-refractivity contribution is 0.0912. The van der Waals surface area contributed by atoms with E-state index in [1.807, 2.05) is 48.5 Å². The molecule has 174 valence electrons. The number of anilines is 1. The van der Waals surface area contributed by atoms with Crippen LogP contribution in [-0.4, -0.2) is 11.0 Å². The Balaban J connectivity index is 1.23. The molecule has 0 saturated heterocycles. The second-order valence-electron chi connectivity index (χ2n) is 7.90. The number of thiocarbonyl (C=S) groups is 1. The number of nitrogens with one attached hydrogen (secondary N) is 3. The van der Waals surface area contributed by atoms with Crippen molar-refractivity contribution in [2.45, 2.75) is 32.8 Å². The summed E-state index contributed by atoms with van der Waals surface area (Å²) < 4.78 is 11.4. The van der Waals surface area contributed by atoms with Gasteiger partial charge in [-0.1, -0.05) is 55.8 Å². The van der Waals surface area contributed by atoms with Crippen molar-refractivity contribution < 1.29 is 13.9 Å². The summed E-state index contributed by atoms with van der Waals surface area (Å²) in [6.07, 6.45) is 3.40. The highest BCUT2D eigenvalue weighted by Gasteiger charge is 2.12. The summed E-state index contributed by atoms with van der Waals surface area (Å²) in [5.41, 5.74) is 7.37. The van der Waals surface area contributed by atoms with Crippen LogP contribution in [0.4, 0.5) is 5.69 Å². The molecule has 0 radical (unpaired) electrons. The number of amides is 1. The Bertz CT molecular complexity index is 1270. The quantitative estimate of drug-likeness (QED) is 0.216. The molecule has 0 aliphatic rings. The summed E-state index contributed by atoms with van der Waals surface area (Å²) in [5.74, 6) is 1.00. The molecule has 1 amide bonds. The van der Waals surface area contributed by atoms with Crippen molar-refractivity contribution in [2.24, 2.45) is 0 Å². The minimum Gasteiger partial charge on any atom is -0.486 e. The number of aryl methyl sites for hydroxylation is 1. The third-order valence-electron chi connectivity index (χ3n) is 5.31. The van der Waals surface area contributed by atoms with E-state index in [-0.39, 0.29) is 17.5 Å². The summed E-state index contributed by atoms with van der Waals surface area (Å²) >= 11 is 5.25. The van der Waals surface area contributed by atoms with Gasteiger partial charge in [-0.25, -0.2) is 0 Å². The molecular formula is C27H27N3O3S. The molecule has 4 aromatic rings. The minimum atomic E-state index is -0.434. The summed E-state index contributed by atoms with van der Waals surface area (Å²) in [7, 11) is 0. The number of carbonyl (C=O) groups is 1. The number of hydrogen-bond acceptors (Lipinski definition) is 4. The average molecular weight is 474 g/mol. The molecule has 4 rings (SSSR count). The van der Waals surface area contributed by atoms with Crippen LogP contribution in [0.1, 0.15) is 41.6 Å². The van der Waals surface area contributed by atoms with E-state index in [4.69, 9.17) is 21.4 Å². The van der Waals surface area contributed by atoms with Gasteiger partial charge < -0.3 is 14.5 Å². The van der Waals surface area contributed by atoms with E-state index in [0.29, 0.717) is 5.76 Å².